The number of rotatable bonds is 3. The molecule has 2 aromatic carbocycles. The van der Waals surface area contributed by atoms with Crippen LogP contribution in [-0.2, 0) is 10.1 Å². The molecule has 0 aliphatic heterocycles. The molecule has 2 aromatic rings. The minimum absolute atomic E-state index is 0.153. The van der Waals surface area contributed by atoms with Crippen molar-refractivity contribution >= 4 is 15.8 Å². The maximum atomic E-state index is 11.3. The Hall–Kier alpha value is -2.05. The van der Waals surface area contributed by atoms with Crippen LogP contribution in [0, 0.1) is 0 Å². The quantitative estimate of drug-likeness (QED) is 0.664. The Kier molecular flexibility index (Phi) is 3.46. The van der Waals surface area contributed by atoms with Gasteiger partial charge in [-0.2, -0.15) is 8.42 Å². The largest absolute Gasteiger partial charge is 0.495 e. The number of methoxy groups -OCH3 is 1. The molecule has 0 aliphatic rings. The molecule has 19 heavy (non-hydrogen) atoms. The minimum Gasteiger partial charge on any atom is -0.495 e. The molecule has 0 unspecified atom stereocenters. The molecule has 0 aromatic heterocycles. The molecule has 3 N–H and O–H groups in total. The third-order valence-electron chi connectivity index (χ3n) is 2.71. The summed E-state index contributed by atoms with van der Waals surface area (Å²) in [5.41, 5.74) is 7.16. The van der Waals surface area contributed by atoms with Gasteiger partial charge in [0.2, 0.25) is 0 Å². The van der Waals surface area contributed by atoms with Crippen molar-refractivity contribution in [3.63, 3.8) is 0 Å². The summed E-state index contributed by atoms with van der Waals surface area (Å²) < 4.78 is 36.9. The Morgan fingerprint density at radius 1 is 1.16 bits per heavy atom. The Morgan fingerprint density at radius 3 is 2.42 bits per heavy atom. The summed E-state index contributed by atoms with van der Waals surface area (Å²) in [7, 11) is -2.78. The second-order valence-corrected chi connectivity index (χ2v) is 5.32. The van der Waals surface area contributed by atoms with Gasteiger partial charge in [-0.1, -0.05) is 24.3 Å². The van der Waals surface area contributed by atoms with Crippen LogP contribution in [0.2, 0.25) is 0 Å². The van der Waals surface area contributed by atoms with E-state index in [4.69, 9.17) is 10.5 Å². The SMILES string of the molecule is COc1ccc(-c2ccccc2S(=O)(=O)O)cc1N. The molecule has 0 saturated heterocycles. The molecule has 6 heteroatoms. The van der Waals surface area contributed by atoms with Gasteiger partial charge in [0, 0.05) is 5.56 Å². The van der Waals surface area contributed by atoms with Crippen LogP contribution in [-0.4, -0.2) is 20.1 Å². The smallest absolute Gasteiger partial charge is 0.295 e. The Morgan fingerprint density at radius 2 is 1.84 bits per heavy atom. The fourth-order valence-corrected chi connectivity index (χ4v) is 2.55. The van der Waals surface area contributed by atoms with E-state index < -0.39 is 10.1 Å². The number of anilines is 1. The molecule has 0 bridgehead atoms. The van der Waals surface area contributed by atoms with Gasteiger partial charge in [-0.3, -0.25) is 4.55 Å². The van der Waals surface area contributed by atoms with E-state index in [1.54, 1.807) is 36.4 Å². The lowest BCUT2D eigenvalue weighted by molar-refractivity contribution is 0.417. The lowest BCUT2D eigenvalue weighted by Crippen LogP contribution is -2.01. The lowest BCUT2D eigenvalue weighted by Gasteiger charge is -2.10. The first-order valence-corrected chi connectivity index (χ1v) is 6.88. The second kappa shape index (κ2) is 4.91. The van der Waals surface area contributed by atoms with Crippen molar-refractivity contribution in [2.24, 2.45) is 0 Å². The fourth-order valence-electron chi connectivity index (χ4n) is 1.83. The van der Waals surface area contributed by atoms with Gasteiger partial charge in [-0.05, 0) is 23.8 Å². The predicted octanol–water partition coefficient (Wildman–Crippen LogP) is 2.19. The maximum Gasteiger partial charge on any atom is 0.295 e. The van der Waals surface area contributed by atoms with E-state index in [9.17, 15) is 13.0 Å². The molecular weight excluding hydrogens is 266 g/mol. The van der Waals surface area contributed by atoms with Gasteiger partial charge >= 0.3 is 0 Å². The number of ether oxygens (including phenoxy) is 1. The Balaban J connectivity index is 2.63. The third kappa shape index (κ3) is 2.69. The average Bonchev–Trinajstić information content (AvgIpc) is 2.37. The van der Waals surface area contributed by atoms with Crippen molar-refractivity contribution in [1.29, 1.82) is 0 Å². The third-order valence-corrected chi connectivity index (χ3v) is 3.62. The fraction of sp³-hybridized carbons (Fsp3) is 0.0769. The monoisotopic (exact) mass is 279 g/mol. The first-order chi connectivity index (χ1) is 8.93. The molecule has 0 amide bonds. The first-order valence-electron chi connectivity index (χ1n) is 5.44. The van der Waals surface area contributed by atoms with Gasteiger partial charge in [-0.25, -0.2) is 0 Å². The zero-order valence-electron chi connectivity index (χ0n) is 10.2. The number of nitrogen functional groups attached to an aromatic ring is 1. The Bertz CT molecular complexity index is 710. The topological polar surface area (TPSA) is 89.6 Å². The molecule has 0 fully saturated rings. The molecular formula is C13H13NO4S. The molecule has 0 aliphatic carbocycles. The summed E-state index contributed by atoms with van der Waals surface area (Å²) in [6.45, 7) is 0. The van der Waals surface area contributed by atoms with Crippen molar-refractivity contribution in [1.82, 2.24) is 0 Å². The summed E-state index contributed by atoms with van der Waals surface area (Å²) >= 11 is 0. The lowest BCUT2D eigenvalue weighted by atomic mass is 10.0. The standard InChI is InChI=1S/C13H13NO4S/c1-18-12-7-6-9(8-11(12)14)10-4-2-3-5-13(10)19(15,16)17/h2-8H,14H2,1H3,(H,15,16,17). The van der Waals surface area contributed by atoms with E-state index in [1.807, 2.05) is 0 Å². The zero-order chi connectivity index (χ0) is 14.0. The number of benzene rings is 2. The van der Waals surface area contributed by atoms with Gasteiger partial charge in [0.1, 0.15) is 10.6 Å². The highest BCUT2D eigenvalue weighted by Crippen LogP contribution is 2.31. The van der Waals surface area contributed by atoms with Crippen LogP contribution in [0.5, 0.6) is 5.75 Å². The highest BCUT2D eigenvalue weighted by atomic mass is 32.2. The molecule has 0 saturated carbocycles. The molecule has 0 radical (unpaired) electrons. The van der Waals surface area contributed by atoms with Crippen molar-refractivity contribution in [2.75, 3.05) is 12.8 Å². The predicted molar refractivity (Wildman–Crippen MR) is 72.7 cm³/mol. The van der Waals surface area contributed by atoms with E-state index in [1.165, 1.54) is 13.2 Å². The summed E-state index contributed by atoms with van der Waals surface area (Å²) in [6.07, 6.45) is 0. The van der Waals surface area contributed by atoms with E-state index in [-0.39, 0.29) is 4.90 Å². The summed E-state index contributed by atoms with van der Waals surface area (Å²) in [5, 5.41) is 0. The first kappa shape index (κ1) is 13.4. The molecule has 5 nitrogen and oxygen atoms in total. The maximum absolute atomic E-state index is 11.3. The van der Waals surface area contributed by atoms with Gasteiger partial charge in [0.25, 0.3) is 10.1 Å². The van der Waals surface area contributed by atoms with Crippen LogP contribution in [0.15, 0.2) is 47.4 Å². The molecule has 100 valence electrons. The molecule has 0 atom stereocenters. The number of nitrogens with two attached hydrogens (primary N) is 1. The van der Waals surface area contributed by atoms with E-state index >= 15 is 0 Å². The zero-order valence-corrected chi connectivity index (χ0v) is 11.0. The van der Waals surface area contributed by atoms with Crippen LogP contribution >= 0.6 is 0 Å². The summed E-state index contributed by atoms with van der Waals surface area (Å²) in [6, 6.07) is 11.1. The van der Waals surface area contributed by atoms with Crippen LogP contribution < -0.4 is 10.5 Å². The average molecular weight is 279 g/mol. The molecule has 0 spiro atoms. The van der Waals surface area contributed by atoms with Crippen molar-refractivity contribution in [3.8, 4) is 16.9 Å². The van der Waals surface area contributed by atoms with E-state index in [0.717, 1.165) is 0 Å². The van der Waals surface area contributed by atoms with Crippen molar-refractivity contribution < 1.29 is 17.7 Å². The highest BCUT2D eigenvalue weighted by molar-refractivity contribution is 7.86. The second-order valence-electron chi connectivity index (χ2n) is 3.93. The highest BCUT2D eigenvalue weighted by Gasteiger charge is 2.16. The number of hydrogen-bond acceptors (Lipinski definition) is 4. The number of hydrogen-bond donors (Lipinski definition) is 2. The van der Waals surface area contributed by atoms with Gasteiger partial charge in [0.05, 0.1) is 12.8 Å². The van der Waals surface area contributed by atoms with Crippen LogP contribution in [0.25, 0.3) is 11.1 Å². The minimum atomic E-state index is -4.28. The van der Waals surface area contributed by atoms with Gasteiger partial charge < -0.3 is 10.5 Å². The van der Waals surface area contributed by atoms with Crippen molar-refractivity contribution in [2.45, 2.75) is 4.90 Å². The molecule has 0 heterocycles. The van der Waals surface area contributed by atoms with Crippen LogP contribution in [0.1, 0.15) is 0 Å². The summed E-state index contributed by atoms with van der Waals surface area (Å²) in [5.74, 6) is 0.507. The van der Waals surface area contributed by atoms with E-state index in [0.29, 0.717) is 22.6 Å². The van der Waals surface area contributed by atoms with Crippen molar-refractivity contribution in [3.05, 3.63) is 42.5 Å². The van der Waals surface area contributed by atoms with Gasteiger partial charge in [-0.15, -0.1) is 0 Å². The van der Waals surface area contributed by atoms with Crippen LogP contribution in [0.3, 0.4) is 0 Å². The Labute approximate surface area is 111 Å². The van der Waals surface area contributed by atoms with E-state index in [2.05, 4.69) is 0 Å². The summed E-state index contributed by atoms with van der Waals surface area (Å²) in [4.78, 5) is -0.153. The van der Waals surface area contributed by atoms with Gasteiger partial charge in [0.15, 0.2) is 0 Å². The molecule has 2 rings (SSSR count). The van der Waals surface area contributed by atoms with Crippen LogP contribution in [0.4, 0.5) is 5.69 Å². The normalized spacial score (nSPS) is 11.3.